The molecule has 0 aliphatic rings. The highest BCUT2D eigenvalue weighted by atomic mass is 16.4. The van der Waals surface area contributed by atoms with Crippen LogP contribution in [-0.4, -0.2) is 17.1 Å². The van der Waals surface area contributed by atoms with Gasteiger partial charge in [-0.15, -0.1) is 0 Å². The Balaban J connectivity index is 3.27. The number of hydrogen-bond donors (Lipinski definition) is 2. The third kappa shape index (κ3) is 19.3. The molecule has 0 rings (SSSR count). The summed E-state index contributed by atoms with van der Waals surface area (Å²) in [7, 11) is 0. The molecule has 0 fully saturated rings. The highest BCUT2D eigenvalue weighted by molar-refractivity contribution is 6.01. The quantitative estimate of drug-likeness (QED) is 0.192. The predicted octanol–water partition coefficient (Wildman–Crippen LogP) is 7.38. The second-order valence-electron chi connectivity index (χ2n) is 7.74. The SMILES string of the molecule is CCCCCCCCCCCCCCCCCCC=C(C)C(=O)NC(=O)O. The molecule has 2 N–H and O–H groups in total. The van der Waals surface area contributed by atoms with E-state index in [1.807, 2.05) is 11.4 Å². The number of unbranched alkanes of at least 4 members (excludes halogenated alkanes) is 16. The molecule has 2 amide bonds. The van der Waals surface area contributed by atoms with Crippen LogP contribution in [0.4, 0.5) is 4.79 Å². The molecule has 0 unspecified atom stereocenters. The van der Waals surface area contributed by atoms with E-state index in [1.165, 1.54) is 96.3 Å². The van der Waals surface area contributed by atoms with Gasteiger partial charge in [0.15, 0.2) is 0 Å². The molecule has 0 saturated carbocycles. The molecule has 0 aliphatic carbocycles. The number of hydrogen-bond acceptors (Lipinski definition) is 2. The van der Waals surface area contributed by atoms with Gasteiger partial charge in [0.05, 0.1) is 0 Å². The van der Waals surface area contributed by atoms with Gasteiger partial charge in [0, 0.05) is 5.57 Å². The van der Waals surface area contributed by atoms with Gasteiger partial charge in [0.25, 0.3) is 5.91 Å². The zero-order valence-electron chi connectivity index (χ0n) is 17.9. The van der Waals surface area contributed by atoms with Gasteiger partial charge in [-0.25, -0.2) is 4.79 Å². The number of allylic oxidation sites excluding steroid dienone is 1. The lowest BCUT2D eigenvalue weighted by atomic mass is 10.0. The van der Waals surface area contributed by atoms with Crippen LogP contribution in [0.3, 0.4) is 0 Å². The van der Waals surface area contributed by atoms with Crippen molar-refractivity contribution in [1.29, 1.82) is 0 Å². The first-order valence-electron chi connectivity index (χ1n) is 11.3. The van der Waals surface area contributed by atoms with E-state index in [4.69, 9.17) is 5.11 Å². The molecule has 0 aromatic rings. The van der Waals surface area contributed by atoms with Crippen molar-refractivity contribution in [2.24, 2.45) is 0 Å². The number of nitrogens with one attached hydrogen (secondary N) is 1. The maximum absolute atomic E-state index is 11.4. The first-order valence-corrected chi connectivity index (χ1v) is 11.3. The molecule has 0 spiro atoms. The van der Waals surface area contributed by atoms with Crippen molar-refractivity contribution in [1.82, 2.24) is 5.32 Å². The summed E-state index contributed by atoms with van der Waals surface area (Å²) in [5.74, 6) is -0.515. The lowest BCUT2D eigenvalue weighted by molar-refractivity contribution is -0.116. The Labute approximate surface area is 167 Å². The molecule has 27 heavy (non-hydrogen) atoms. The van der Waals surface area contributed by atoms with E-state index in [0.29, 0.717) is 5.57 Å². The number of carboxylic acid groups (broad SMARTS) is 1. The summed E-state index contributed by atoms with van der Waals surface area (Å²) in [6.45, 7) is 3.93. The van der Waals surface area contributed by atoms with Gasteiger partial charge >= 0.3 is 6.09 Å². The molecule has 0 aliphatic heterocycles. The predicted molar refractivity (Wildman–Crippen MR) is 114 cm³/mol. The first-order chi connectivity index (χ1) is 13.1. The monoisotopic (exact) mass is 381 g/mol. The Kier molecular flexibility index (Phi) is 18.5. The van der Waals surface area contributed by atoms with Crippen molar-refractivity contribution in [3.8, 4) is 0 Å². The molecule has 0 saturated heterocycles. The van der Waals surface area contributed by atoms with Crippen molar-refractivity contribution >= 4 is 12.0 Å². The minimum Gasteiger partial charge on any atom is -0.465 e. The fourth-order valence-electron chi connectivity index (χ4n) is 3.30. The molecule has 0 aromatic heterocycles. The van der Waals surface area contributed by atoms with Gasteiger partial charge in [0.2, 0.25) is 0 Å². The number of carbonyl (C=O) groups is 2. The van der Waals surface area contributed by atoms with E-state index in [9.17, 15) is 9.59 Å². The Morgan fingerprint density at radius 3 is 1.44 bits per heavy atom. The minimum atomic E-state index is -1.30. The van der Waals surface area contributed by atoms with Gasteiger partial charge < -0.3 is 5.11 Å². The zero-order valence-corrected chi connectivity index (χ0v) is 17.9. The van der Waals surface area contributed by atoms with Gasteiger partial charge in [-0.05, 0) is 19.8 Å². The van der Waals surface area contributed by atoms with Crippen LogP contribution >= 0.6 is 0 Å². The molecule has 0 bridgehead atoms. The van der Waals surface area contributed by atoms with Crippen molar-refractivity contribution in [2.75, 3.05) is 0 Å². The summed E-state index contributed by atoms with van der Waals surface area (Å²) in [4.78, 5) is 21.8. The van der Waals surface area contributed by atoms with E-state index in [1.54, 1.807) is 6.92 Å². The zero-order chi connectivity index (χ0) is 20.2. The van der Waals surface area contributed by atoms with E-state index in [-0.39, 0.29) is 0 Å². The van der Waals surface area contributed by atoms with Crippen LogP contribution in [0.5, 0.6) is 0 Å². The van der Waals surface area contributed by atoms with E-state index in [0.717, 1.165) is 12.8 Å². The maximum Gasteiger partial charge on any atom is 0.411 e. The van der Waals surface area contributed by atoms with Crippen LogP contribution in [-0.2, 0) is 4.79 Å². The lowest BCUT2D eigenvalue weighted by Gasteiger charge is -2.03. The molecular weight excluding hydrogens is 338 g/mol. The minimum absolute atomic E-state index is 0.485. The third-order valence-electron chi connectivity index (χ3n) is 5.09. The maximum atomic E-state index is 11.4. The van der Waals surface area contributed by atoms with E-state index < -0.39 is 12.0 Å². The first kappa shape index (κ1) is 25.7. The summed E-state index contributed by atoms with van der Waals surface area (Å²) in [6, 6.07) is 0. The number of carbonyl (C=O) groups excluding carboxylic acids is 1. The largest absolute Gasteiger partial charge is 0.465 e. The Morgan fingerprint density at radius 1 is 0.704 bits per heavy atom. The van der Waals surface area contributed by atoms with Crippen LogP contribution in [0.2, 0.25) is 0 Å². The smallest absolute Gasteiger partial charge is 0.411 e. The average Bonchev–Trinajstić information content (AvgIpc) is 2.63. The summed E-state index contributed by atoms with van der Waals surface area (Å²) >= 11 is 0. The Morgan fingerprint density at radius 2 is 1.07 bits per heavy atom. The topological polar surface area (TPSA) is 66.4 Å². The van der Waals surface area contributed by atoms with Crippen LogP contribution < -0.4 is 5.32 Å². The third-order valence-corrected chi connectivity index (χ3v) is 5.09. The van der Waals surface area contributed by atoms with Crippen molar-refractivity contribution in [3.63, 3.8) is 0 Å². The van der Waals surface area contributed by atoms with Crippen LogP contribution in [0, 0.1) is 0 Å². The molecule has 0 atom stereocenters. The molecule has 4 heteroatoms. The summed E-state index contributed by atoms with van der Waals surface area (Å²) in [5.41, 5.74) is 0.485. The van der Waals surface area contributed by atoms with Crippen molar-refractivity contribution in [3.05, 3.63) is 11.6 Å². The molecule has 4 nitrogen and oxygen atoms in total. The van der Waals surface area contributed by atoms with Crippen LogP contribution in [0.1, 0.15) is 123 Å². The van der Waals surface area contributed by atoms with Crippen LogP contribution in [0.15, 0.2) is 11.6 Å². The van der Waals surface area contributed by atoms with Gasteiger partial charge in [-0.1, -0.05) is 109 Å². The Hall–Kier alpha value is -1.32. The second-order valence-corrected chi connectivity index (χ2v) is 7.74. The Bertz CT molecular complexity index is 404. The highest BCUT2D eigenvalue weighted by Gasteiger charge is 2.06. The molecule has 0 aromatic carbocycles. The standard InChI is InChI=1S/C23H43NO3/c1-3-4-5-6-7-8-9-10-11-12-13-14-15-16-17-18-19-20-21(2)22(25)24-23(26)27/h20H,3-19H2,1-2H3,(H,24,25)(H,26,27). The normalized spacial score (nSPS) is 11.6. The number of imide groups is 1. The van der Waals surface area contributed by atoms with Crippen LogP contribution in [0.25, 0.3) is 0 Å². The van der Waals surface area contributed by atoms with E-state index in [2.05, 4.69) is 6.92 Å². The summed E-state index contributed by atoms with van der Waals surface area (Å²) < 4.78 is 0. The van der Waals surface area contributed by atoms with Gasteiger partial charge in [-0.3, -0.25) is 10.1 Å². The molecular formula is C23H43NO3. The average molecular weight is 382 g/mol. The van der Waals surface area contributed by atoms with Gasteiger partial charge in [0.1, 0.15) is 0 Å². The lowest BCUT2D eigenvalue weighted by Crippen LogP contribution is -2.29. The molecule has 0 radical (unpaired) electrons. The summed E-state index contributed by atoms with van der Waals surface area (Å²) in [5, 5.41) is 10.4. The molecule has 158 valence electrons. The van der Waals surface area contributed by atoms with E-state index >= 15 is 0 Å². The fourth-order valence-corrected chi connectivity index (χ4v) is 3.30. The van der Waals surface area contributed by atoms with Crippen molar-refractivity contribution < 1.29 is 14.7 Å². The van der Waals surface area contributed by atoms with Gasteiger partial charge in [-0.2, -0.15) is 0 Å². The number of rotatable bonds is 18. The number of amides is 2. The van der Waals surface area contributed by atoms with Crippen molar-refractivity contribution in [2.45, 2.75) is 123 Å². The molecule has 0 heterocycles. The second kappa shape index (κ2) is 19.4. The highest BCUT2D eigenvalue weighted by Crippen LogP contribution is 2.14. The fraction of sp³-hybridized carbons (Fsp3) is 0.826. The summed E-state index contributed by atoms with van der Waals surface area (Å²) in [6.07, 6.45) is 23.0.